The smallest absolute Gasteiger partial charge is 0.267 e. The Morgan fingerprint density at radius 1 is 1.37 bits per heavy atom. The molecule has 0 bridgehead atoms. The summed E-state index contributed by atoms with van der Waals surface area (Å²) in [6.07, 6.45) is 6.79. The van der Waals surface area contributed by atoms with Gasteiger partial charge in [0, 0.05) is 31.6 Å². The molecule has 1 aliphatic heterocycles. The van der Waals surface area contributed by atoms with E-state index in [0.29, 0.717) is 29.7 Å². The molecular formula is C21H20FN5O3. The molecule has 0 unspecified atom stereocenters. The maximum absolute atomic E-state index is 13.6. The lowest BCUT2D eigenvalue weighted by atomic mass is 10.0. The molecule has 3 aromatic rings. The summed E-state index contributed by atoms with van der Waals surface area (Å²) in [5.41, 5.74) is 7.34. The molecule has 0 spiro atoms. The summed E-state index contributed by atoms with van der Waals surface area (Å²) < 4.78 is 15.2. The molecule has 0 aliphatic carbocycles. The summed E-state index contributed by atoms with van der Waals surface area (Å²) in [6.45, 7) is 0.694. The van der Waals surface area contributed by atoms with E-state index in [4.69, 9.17) is 17.3 Å². The second-order valence-corrected chi connectivity index (χ2v) is 6.82. The number of aryl methyl sites for hydroxylation is 1. The molecule has 30 heavy (non-hydrogen) atoms. The van der Waals surface area contributed by atoms with Crippen molar-refractivity contribution in [1.82, 2.24) is 19.7 Å². The zero-order chi connectivity index (χ0) is 22.0. The molecule has 1 fully saturated rings. The van der Waals surface area contributed by atoms with Gasteiger partial charge in [0.15, 0.2) is 0 Å². The number of pyridine rings is 1. The van der Waals surface area contributed by atoms with Crippen LogP contribution in [-0.4, -0.2) is 56.3 Å². The quantitative estimate of drug-likeness (QED) is 0.615. The van der Waals surface area contributed by atoms with Crippen LogP contribution in [-0.2, 0) is 11.8 Å². The lowest BCUT2D eigenvalue weighted by Gasteiger charge is -2.07. The number of nitrogens with zero attached hydrogens (tertiary/aromatic N) is 4. The molecule has 3 N–H and O–H groups in total. The van der Waals surface area contributed by atoms with E-state index in [1.54, 1.807) is 37.1 Å². The topological polar surface area (TPSA) is 114 Å². The van der Waals surface area contributed by atoms with E-state index in [0.717, 1.165) is 5.39 Å². The third-order valence-corrected chi connectivity index (χ3v) is 4.79. The Kier molecular flexibility index (Phi) is 5.80. The average molecular weight is 409 g/mol. The van der Waals surface area contributed by atoms with Gasteiger partial charge in [-0.3, -0.25) is 14.3 Å². The Labute approximate surface area is 172 Å². The molecule has 2 aromatic heterocycles. The van der Waals surface area contributed by atoms with Gasteiger partial charge in [-0.25, -0.2) is 9.37 Å². The van der Waals surface area contributed by atoms with Crippen LogP contribution in [0, 0.1) is 18.2 Å². The molecule has 1 aromatic carbocycles. The fraction of sp³-hybridized carbons (Fsp3) is 0.238. The van der Waals surface area contributed by atoms with Crippen LogP contribution < -0.4 is 5.73 Å². The first-order valence-corrected chi connectivity index (χ1v) is 9.05. The van der Waals surface area contributed by atoms with E-state index in [1.165, 1.54) is 17.0 Å². The lowest BCUT2D eigenvalue weighted by Crippen LogP contribution is -2.24. The third kappa shape index (κ3) is 3.99. The largest absolute Gasteiger partial charge is 0.383 e. The Hall–Kier alpha value is -3.77. The summed E-state index contributed by atoms with van der Waals surface area (Å²) in [4.78, 5) is 27.9. The van der Waals surface area contributed by atoms with E-state index in [9.17, 15) is 14.0 Å². The number of hydrogen-bond acceptors (Lipinski definition) is 5. The molecule has 3 heterocycles. The zero-order valence-corrected chi connectivity index (χ0v) is 16.5. The minimum Gasteiger partial charge on any atom is -0.383 e. The summed E-state index contributed by atoms with van der Waals surface area (Å²) in [5, 5.41) is 13.7. The number of carbonyl (C=O) groups is 2. The van der Waals surface area contributed by atoms with E-state index < -0.39 is 17.8 Å². The van der Waals surface area contributed by atoms with E-state index in [2.05, 4.69) is 16.0 Å². The van der Waals surface area contributed by atoms with Gasteiger partial charge >= 0.3 is 0 Å². The number of likely N-dealkylation sites (N-methyl/N-ethyl adjacent to an activating group) is 1. The zero-order valence-electron chi connectivity index (χ0n) is 16.5. The Bertz CT molecular complexity index is 1170. The number of likely N-dealkylation sites (tertiary alicyclic amines) is 1. The molecule has 2 amide bonds. The van der Waals surface area contributed by atoms with E-state index in [1.807, 2.05) is 0 Å². The van der Waals surface area contributed by atoms with Crippen molar-refractivity contribution in [3.05, 3.63) is 47.5 Å². The summed E-state index contributed by atoms with van der Waals surface area (Å²) in [6, 6.07) is 5.90. The molecule has 0 radical (unpaired) electrons. The highest BCUT2D eigenvalue weighted by Gasteiger charge is 2.26. The normalized spacial score (nSPS) is 15.6. The van der Waals surface area contributed by atoms with Gasteiger partial charge in [-0.2, -0.15) is 5.10 Å². The minimum atomic E-state index is -0.722. The molecule has 9 heteroatoms. The summed E-state index contributed by atoms with van der Waals surface area (Å²) in [7, 11) is 3.44. The van der Waals surface area contributed by atoms with Crippen molar-refractivity contribution in [2.45, 2.75) is 12.5 Å². The van der Waals surface area contributed by atoms with Gasteiger partial charge in [-0.15, -0.1) is 6.42 Å². The number of amides is 2. The van der Waals surface area contributed by atoms with Crippen molar-refractivity contribution in [3.63, 3.8) is 0 Å². The number of benzene rings is 1. The second kappa shape index (κ2) is 8.31. The highest BCUT2D eigenvalue weighted by molar-refractivity contribution is 5.99. The number of primary amides is 1. The lowest BCUT2D eigenvalue weighted by molar-refractivity contribution is -0.133. The minimum absolute atomic E-state index is 0.109. The number of terminal acetylenes is 1. The van der Waals surface area contributed by atoms with Gasteiger partial charge in [0.05, 0.1) is 23.0 Å². The second-order valence-electron chi connectivity index (χ2n) is 6.82. The number of aliphatic hydroxyl groups excluding tert-OH is 1. The van der Waals surface area contributed by atoms with Gasteiger partial charge in [0.25, 0.3) is 11.8 Å². The number of hydrogen-bond donors (Lipinski definition) is 2. The van der Waals surface area contributed by atoms with Crippen LogP contribution in [0.25, 0.3) is 22.2 Å². The Morgan fingerprint density at radius 2 is 2.10 bits per heavy atom. The van der Waals surface area contributed by atoms with Crippen molar-refractivity contribution in [1.29, 1.82) is 0 Å². The molecule has 1 aliphatic rings. The van der Waals surface area contributed by atoms with Crippen molar-refractivity contribution < 1.29 is 19.1 Å². The van der Waals surface area contributed by atoms with Crippen LogP contribution in [0.2, 0.25) is 0 Å². The molecule has 0 saturated carbocycles. The van der Waals surface area contributed by atoms with Gasteiger partial charge in [0.1, 0.15) is 17.6 Å². The fourth-order valence-corrected chi connectivity index (χ4v) is 3.08. The Morgan fingerprint density at radius 3 is 2.63 bits per heavy atom. The number of carbonyl (C=O) groups excluding carboxylic acids is 2. The third-order valence-electron chi connectivity index (χ3n) is 4.79. The predicted molar refractivity (Wildman–Crippen MR) is 109 cm³/mol. The highest BCUT2D eigenvalue weighted by atomic mass is 19.1. The molecule has 1 atom stereocenters. The Balaban J connectivity index is 0.000000269. The van der Waals surface area contributed by atoms with Crippen molar-refractivity contribution in [3.8, 4) is 23.6 Å². The van der Waals surface area contributed by atoms with Crippen LogP contribution in [0.3, 0.4) is 0 Å². The van der Waals surface area contributed by atoms with Crippen molar-refractivity contribution in [2.75, 3.05) is 13.6 Å². The molecule has 1 saturated heterocycles. The van der Waals surface area contributed by atoms with Crippen LogP contribution in [0.5, 0.6) is 0 Å². The average Bonchev–Trinajstić information content (AvgIpc) is 3.25. The monoisotopic (exact) mass is 409 g/mol. The van der Waals surface area contributed by atoms with Crippen molar-refractivity contribution in [2.24, 2.45) is 12.8 Å². The van der Waals surface area contributed by atoms with Gasteiger partial charge in [-0.05, 0) is 30.7 Å². The summed E-state index contributed by atoms with van der Waals surface area (Å²) >= 11 is 0. The van der Waals surface area contributed by atoms with Gasteiger partial charge in [0.2, 0.25) is 0 Å². The number of nitrogens with two attached hydrogens (primary N) is 1. The molecule has 4 rings (SSSR count). The van der Waals surface area contributed by atoms with E-state index >= 15 is 0 Å². The molecular weight excluding hydrogens is 389 g/mol. The fourth-order valence-electron chi connectivity index (χ4n) is 3.08. The van der Waals surface area contributed by atoms with Crippen LogP contribution in [0.1, 0.15) is 22.5 Å². The van der Waals surface area contributed by atoms with E-state index in [-0.39, 0.29) is 17.2 Å². The molecule has 8 nitrogen and oxygen atoms in total. The standard InChI is InChI=1S/C16H11FN4O.C5H9NO2/c1-3-9-6-10(4-5-12(9)17)15-11-8-19-21(2)14(11)7-13(20-15)16(18)22;1-6-3-2-4(7)5(6)8/h1,4-8H,2H3,(H2,18,22);4,7H,2-3H2,1H3/t;4-/m.0/s1. The van der Waals surface area contributed by atoms with Crippen LogP contribution in [0.4, 0.5) is 4.39 Å². The number of fused-ring (bicyclic) bond motifs is 1. The van der Waals surface area contributed by atoms with Crippen LogP contribution in [0.15, 0.2) is 30.5 Å². The number of aromatic nitrogens is 3. The van der Waals surface area contributed by atoms with Gasteiger partial charge < -0.3 is 15.7 Å². The van der Waals surface area contributed by atoms with Gasteiger partial charge in [-0.1, -0.05) is 5.92 Å². The number of halogens is 1. The maximum atomic E-state index is 13.6. The SMILES string of the molecule is C#Cc1cc(-c2nc(C(N)=O)cc3c2cnn3C)ccc1F.CN1CC[C@H](O)C1=O. The van der Waals surface area contributed by atoms with Crippen LogP contribution >= 0.6 is 0 Å². The number of aliphatic hydroxyl groups is 1. The maximum Gasteiger partial charge on any atom is 0.267 e. The predicted octanol–water partition coefficient (Wildman–Crippen LogP) is 1.06. The first-order valence-electron chi connectivity index (χ1n) is 9.05. The first-order chi connectivity index (χ1) is 14.2. The number of rotatable bonds is 2. The summed E-state index contributed by atoms with van der Waals surface area (Å²) in [5.74, 6) is 0.997. The highest BCUT2D eigenvalue weighted by Crippen LogP contribution is 2.28. The molecule has 154 valence electrons. The van der Waals surface area contributed by atoms with Crippen molar-refractivity contribution >= 4 is 22.7 Å². The first kappa shape index (κ1) is 21.0.